The molecule has 2 aromatic heterocycles. The largest absolute Gasteiger partial charge is 0.367 e. The monoisotopic (exact) mass is 305 g/mol. The number of thiophene rings is 1. The fourth-order valence-corrected chi connectivity index (χ4v) is 4.05. The quantitative estimate of drug-likeness (QED) is 0.595. The van der Waals surface area contributed by atoms with Crippen molar-refractivity contribution in [3.8, 4) is 0 Å². The lowest BCUT2D eigenvalue weighted by Gasteiger charge is -2.28. The summed E-state index contributed by atoms with van der Waals surface area (Å²) in [5.41, 5.74) is 2.58. The van der Waals surface area contributed by atoms with Gasteiger partial charge in [0.1, 0.15) is 10.6 Å². The van der Waals surface area contributed by atoms with E-state index < -0.39 is 0 Å². The van der Waals surface area contributed by atoms with Crippen molar-refractivity contribution in [3.63, 3.8) is 0 Å². The molecule has 0 amide bonds. The highest BCUT2D eigenvalue weighted by Gasteiger charge is 2.20. The Labute approximate surface area is 129 Å². The fraction of sp³-hybridized carbons (Fsp3) is 0.600. The highest BCUT2D eigenvalue weighted by Crippen LogP contribution is 2.32. The Morgan fingerprint density at radius 2 is 2.24 bits per heavy atom. The van der Waals surface area contributed by atoms with Crippen LogP contribution < -0.4 is 16.6 Å². The number of nitrogen functional groups attached to an aromatic ring is 1. The molecule has 2 heterocycles. The molecule has 6 heteroatoms. The first kappa shape index (κ1) is 14.5. The molecule has 2 aromatic rings. The van der Waals surface area contributed by atoms with Crippen LogP contribution in [0.25, 0.3) is 10.2 Å². The molecule has 1 aliphatic rings. The molecule has 1 saturated carbocycles. The van der Waals surface area contributed by atoms with E-state index in [0.29, 0.717) is 12.0 Å². The number of anilines is 2. The first-order valence-electron chi connectivity index (χ1n) is 7.73. The number of hydrogen-bond acceptors (Lipinski definition) is 6. The van der Waals surface area contributed by atoms with E-state index in [0.717, 1.165) is 28.4 Å². The van der Waals surface area contributed by atoms with Crippen molar-refractivity contribution in [3.05, 3.63) is 10.9 Å². The highest BCUT2D eigenvalue weighted by molar-refractivity contribution is 7.18. The van der Waals surface area contributed by atoms with Gasteiger partial charge in [-0.3, -0.25) is 5.43 Å². The van der Waals surface area contributed by atoms with E-state index in [4.69, 9.17) is 5.84 Å². The molecule has 0 saturated heterocycles. The number of aromatic nitrogens is 2. The molecule has 1 fully saturated rings. The lowest BCUT2D eigenvalue weighted by Crippen LogP contribution is -2.27. The molecule has 2 unspecified atom stereocenters. The third-order valence-electron chi connectivity index (χ3n) is 4.20. The molecule has 1 aliphatic carbocycles. The van der Waals surface area contributed by atoms with E-state index in [1.54, 1.807) is 11.3 Å². The van der Waals surface area contributed by atoms with Crippen molar-refractivity contribution >= 4 is 33.3 Å². The van der Waals surface area contributed by atoms with E-state index in [1.165, 1.54) is 30.6 Å². The van der Waals surface area contributed by atoms with E-state index in [-0.39, 0.29) is 0 Å². The Kier molecular flexibility index (Phi) is 4.26. The molecule has 0 aliphatic heterocycles. The van der Waals surface area contributed by atoms with Gasteiger partial charge in [0, 0.05) is 10.9 Å². The van der Waals surface area contributed by atoms with Gasteiger partial charge in [0.25, 0.3) is 0 Å². The third kappa shape index (κ3) is 3.11. The van der Waals surface area contributed by atoms with Crippen molar-refractivity contribution in [1.82, 2.24) is 9.97 Å². The van der Waals surface area contributed by atoms with Gasteiger partial charge in [-0.05, 0) is 31.2 Å². The maximum atomic E-state index is 5.51. The minimum absolute atomic E-state index is 0.485. The van der Waals surface area contributed by atoms with Crippen molar-refractivity contribution in [2.75, 3.05) is 10.7 Å². The normalized spacial score (nSPS) is 22.4. The molecular formula is C15H23N5S. The number of nitrogens with one attached hydrogen (secondary N) is 2. The number of hydrazine groups is 1. The lowest BCUT2D eigenvalue weighted by atomic mass is 9.87. The molecule has 114 valence electrons. The Hall–Kier alpha value is -1.40. The summed E-state index contributed by atoms with van der Waals surface area (Å²) in [6, 6.07) is 2.71. The van der Waals surface area contributed by atoms with E-state index in [2.05, 4.69) is 40.6 Å². The molecule has 0 bridgehead atoms. The summed E-state index contributed by atoms with van der Waals surface area (Å²) >= 11 is 1.72. The van der Waals surface area contributed by atoms with E-state index in [9.17, 15) is 0 Å². The van der Waals surface area contributed by atoms with Crippen LogP contribution in [0.5, 0.6) is 0 Å². The van der Waals surface area contributed by atoms with Crippen LogP contribution >= 0.6 is 11.3 Å². The number of nitrogens with zero attached hydrogens (tertiary/aromatic N) is 2. The zero-order chi connectivity index (χ0) is 14.8. The van der Waals surface area contributed by atoms with Crippen molar-refractivity contribution in [2.45, 2.75) is 52.0 Å². The predicted octanol–water partition coefficient (Wildman–Crippen LogP) is 3.53. The van der Waals surface area contributed by atoms with Gasteiger partial charge in [0.05, 0.1) is 5.39 Å². The summed E-state index contributed by atoms with van der Waals surface area (Å²) in [5.74, 6) is 7.70. The van der Waals surface area contributed by atoms with Gasteiger partial charge >= 0.3 is 0 Å². The summed E-state index contributed by atoms with van der Waals surface area (Å²) in [7, 11) is 0. The van der Waals surface area contributed by atoms with Crippen LogP contribution in [0.2, 0.25) is 0 Å². The molecular weight excluding hydrogens is 282 g/mol. The first-order chi connectivity index (χ1) is 10.2. The van der Waals surface area contributed by atoms with Crippen LogP contribution in [0.4, 0.5) is 11.8 Å². The minimum atomic E-state index is 0.485. The van der Waals surface area contributed by atoms with Gasteiger partial charge in [-0.1, -0.05) is 26.7 Å². The van der Waals surface area contributed by atoms with Crippen LogP contribution in [-0.2, 0) is 6.42 Å². The standard InChI is InChI=1S/C15H23N5S/c1-3-11-8-12-13(17-10-6-4-5-9(2)7-10)18-15(20-16)19-14(12)21-11/h8-10H,3-7,16H2,1-2H3,(H2,17,18,19,20). The average Bonchev–Trinajstić information content (AvgIpc) is 2.90. The SMILES string of the molecule is CCc1cc2c(NC3CCCC(C)C3)nc(NN)nc2s1. The number of fused-ring (bicyclic) bond motifs is 1. The van der Waals surface area contributed by atoms with Crippen LogP contribution in [0.15, 0.2) is 6.07 Å². The summed E-state index contributed by atoms with van der Waals surface area (Å²) < 4.78 is 0. The second kappa shape index (κ2) is 6.15. The van der Waals surface area contributed by atoms with Gasteiger partial charge in [0.15, 0.2) is 0 Å². The summed E-state index contributed by atoms with van der Waals surface area (Å²) in [6.45, 7) is 4.49. The van der Waals surface area contributed by atoms with Gasteiger partial charge in [-0.25, -0.2) is 10.8 Å². The highest BCUT2D eigenvalue weighted by atomic mass is 32.1. The van der Waals surface area contributed by atoms with Gasteiger partial charge in [0.2, 0.25) is 5.95 Å². The Morgan fingerprint density at radius 1 is 1.38 bits per heavy atom. The van der Waals surface area contributed by atoms with Crippen molar-refractivity contribution in [1.29, 1.82) is 0 Å². The second-order valence-electron chi connectivity index (χ2n) is 5.94. The third-order valence-corrected chi connectivity index (χ3v) is 5.37. The topological polar surface area (TPSA) is 75.9 Å². The number of hydrogen-bond donors (Lipinski definition) is 3. The Balaban J connectivity index is 1.93. The van der Waals surface area contributed by atoms with E-state index in [1.807, 2.05) is 0 Å². The smallest absolute Gasteiger partial charge is 0.240 e. The summed E-state index contributed by atoms with van der Waals surface area (Å²) in [5, 5.41) is 4.75. The molecule has 3 rings (SSSR count). The Morgan fingerprint density at radius 3 is 2.95 bits per heavy atom. The van der Waals surface area contributed by atoms with Gasteiger partial charge in [-0.15, -0.1) is 11.3 Å². The summed E-state index contributed by atoms with van der Waals surface area (Å²) in [4.78, 5) is 11.3. The average molecular weight is 305 g/mol. The maximum absolute atomic E-state index is 5.51. The van der Waals surface area contributed by atoms with Crippen LogP contribution in [-0.4, -0.2) is 16.0 Å². The molecule has 0 aromatic carbocycles. The predicted molar refractivity (Wildman–Crippen MR) is 89.6 cm³/mol. The van der Waals surface area contributed by atoms with Crippen LogP contribution in [0.3, 0.4) is 0 Å². The van der Waals surface area contributed by atoms with Crippen LogP contribution in [0.1, 0.15) is 44.4 Å². The zero-order valence-electron chi connectivity index (χ0n) is 12.6. The van der Waals surface area contributed by atoms with Gasteiger partial charge in [-0.2, -0.15) is 4.98 Å². The molecule has 0 radical (unpaired) electrons. The van der Waals surface area contributed by atoms with Crippen molar-refractivity contribution in [2.24, 2.45) is 11.8 Å². The number of nitrogens with two attached hydrogens (primary N) is 1. The molecule has 21 heavy (non-hydrogen) atoms. The second-order valence-corrected chi connectivity index (χ2v) is 7.05. The number of rotatable bonds is 4. The van der Waals surface area contributed by atoms with Gasteiger partial charge < -0.3 is 5.32 Å². The molecule has 4 N–H and O–H groups in total. The van der Waals surface area contributed by atoms with Crippen LogP contribution in [0, 0.1) is 5.92 Å². The lowest BCUT2D eigenvalue weighted by molar-refractivity contribution is 0.358. The molecule has 5 nitrogen and oxygen atoms in total. The van der Waals surface area contributed by atoms with Crippen molar-refractivity contribution < 1.29 is 0 Å². The summed E-state index contributed by atoms with van der Waals surface area (Å²) in [6.07, 6.45) is 6.07. The fourth-order valence-electron chi connectivity index (χ4n) is 3.08. The first-order valence-corrected chi connectivity index (χ1v) is 8.54. The number of aryl methyl sites for hydroxylation is 1. The van der Waals surface area contributed by atoms with E-state index >= 15 is 0 Å². The zero-order valence-corrected chi connectivity index (χ0v) is 13.5. The Bertz CT molecular complexity index is 624. The molecule has 0 spiro atoms. The molecule has 2 atom stereocenters. The minimum Gasteiger partial charge on any atom is -0.367 e. The maximum Gasteiger partial charge on any atom is 0.240 e.